The molecule has 1 aromatic carbocycles. The van der Waals surface area contributed by atoms with Gasteiger partial charge in [0.25, 0.3) is 0 Å². The van der Waals surface area contributed by atoms with Crippen LogP contribution in [-0.4, -0.2) is 21.8 Å². The number of amides is 1. The number of aromatic nitrogens is 1. The number of hydrogen-bond donors (Lipinski definition) is 0. The Balaban J connectivity index is 2.33. The van der Waals surface area contributed by atoms with Crippen molar-refractivity contribution >= 4 is 57.8 Å². The molecule has 19 heavy (non-hydrogen) atoms. The standard InChI is InChI=1S/C12H9Cl3N2O2/c13-12(14,15)7-19-17(8-18)10-5-1-3-9-4-2-6-16-11(9)10/h1-6,8H,7H2. The molecule has 0 aliphatic rings. The van der Waals surface area contributed by atoms with E-state index in [2.05, 4.69) is 4.98 Å². The zero-order valence-electron chi connectivity index (χ0n) is 9.59. The number of rotatable bonds is 4. The molecule has 0 unspecified atom stereocenters. The Labute approximate surface area is 124 Å². The third-order valence-electron chi connectivity index (χ3n) is 2.31. The normalized spacial score (nSPS) is 11.5. The molecule has 1 aromatic heterocycles. The van der Waals surface area contributed by atoms with E-state index in [1.54, 1.807) is 24.4 Å². The second-order valence-electron chi connectivity index (χ2n) is 3.67. The molecule has 7 heteroatoms. The third kappa shape index (κ3) is 3.70. The monoisotopic (exact) mass is 318 g/mol. The van der Waals surface area contributed by atoms with E-state index < -0.39 is 3.79 Å². The van der Waals surface area contributed by atoms with Gasteiger partial charge in [-0.25, -0.2) is 0 Å². The number of hydrogen-bond acceptors (Lipinski definition) is 3. The summed E-state index contributed by atoms with van der Waals surface area (Å²) in [5.41, 5.74) is 1.11. The predicted octanol–water partition coefficient (Wildman–Crippen LogP) is 3.50. The molecule has 1 heterocycles. The number of alkyl halides is 3. The number of fused-ring (bicyclic) bond motifs is 1. The predicted molar refractivity (Wildman–Crippen MR) is 76.5 cm³/mol. The van der Waals surface area contributed by atoms with Gasteiger partial charge in [-0.05, 0) is 12.1 Å². The Bertz CT molecular complexity index is 581. The van der Waals surface area contributed by atoms with E-state index in [-0.39, 0.29) is 6.61 Å². The van der Waals surface area contributed by atoms with Crippen molar-refractivity contribution < 1.29 is 9.63 Å². The topological polar surface area (TPSA) is 42.4 Å². The molecule has 0 aliphatic carbocycles. The first-order valence-corrected chi connectivity index (χ1v) is 6.42. The van der Waals surface area contributed by atoms with E-state index in [1.807, 2.05) is 12.1 Å². The second kappa shape index (κ2) is 5.92. The zero-order chi connectivity index (χ0) is 13.9. The minimum absolute atomic E-state index is 0.250. The van der Waals surface area contributed by atoms with Crippen molar-refractivity contribution in [1.29, 1.82) is 0 Å². The number of carbonyl (C=O) groups is 1. The van der Waals surface area contributed by atoms with Crippen LogP contribution in [-0.2, 0) is 9.63 Å². The molecular weight excluding hydrogens is 311 g/mol. The molecule has 2 rings (SSSR count). The molecule has 0 fully saturated rings. The van der Waals surface area contributed by atoms with E-state index >= 15 is 0 Å². The highest BCUT2D eigenvalue weighted by Crippen LogP contribution is 2.29. The highest BCUT2D eigenvalue weighted by Gasteiger charge is 2.23. The molecule has 1 amide bonds. The van der Waals surface area contributed by atoms with Gasteiger partial charge in [0.15, 0.2) is 0 Å². The highest BCUT2D eigenvalue weighted by molar-refractivity contribution is 6.67. The van der Waals surface area contributed by atoms with Crippen molar-refractivity contribution in [3.63, 3.8) is 0 Å². The largest absolute Gasteiger partial charge is 0.276 e. The fourth-order valence-electron chi connectivity index (χ4n) is 1.57. The van der Waals surface area contributed by atoms with Gasteiger partial charge >= 0.3 is 0 Å². The number of benzene rings is 1. The summed E-state index contributed by atoms with van der Waals surface area (Å²) in [6, 6.07) is 9.05. The maximum atomic E-state index is 11.1. The van der Waals surface area contributed by atoms with Crippen molar-refractivity contribution in [3.05, 3.63) is 36.5 Å². The van der Waals surface area contributed by atoms with Crippen molar-refractivity contribution in [1.82, 2.24) is 4.98 Å². The molecule has 0 N–H and O–H groups in total. The first-order valence-electron chi connectivity index (χ1n) is 5.29. The number of nitrogens with zero attached hydrogens (tertiary/aromatic N) is 2. The van der Waals surface area contributed by atoms with Gasteiger partial charge in [-0.3, -0.25) is 14.6 Å². The van der Waals surface area contributed by atoms with Crippen LogP contribution in [0.1, 0.15) is 0 Å². The fraction of sp³-hybridized carbons (Fsp3) is 0.167. The minimum Gasteiger partial charge on any atom is -0.276 e. The summed E-state index contributed by atoms with van der Waals surface area (Å²) in [6.45, 7) is -0.250. The lowest BCUT2D eigenvalue weighted by atomic mass is 10.2. The van der Waals surface area contributed by atoms with Crippen molar-refractivity contribution in [2.45, 2.75) is 3.79 Å². The summed E-state index contributed by atoms with van der Waals surface area (Å²) in [7, 11) is 0. The van der Waals surface area contributed by atoms with E-state index in [0.29, 0.717) is 17.6 Å². The van der Waals surface area contributed by atoms with Gasteiger partial charge in [0.2, 0.25) is 10.2 Å². The van der Waals surface area contributed by atoms with Crippen LogP contribution in [0.15, 0.2) is 36.5 Å². The van der Waals surface area contributed by atoms with E-state index in [9.17, 15) is 4.79 Å². The highest BCUT2D eigenvalue weighted by atomic mass is 35.6. The molecule has 0 bridgehead atoms. The van der Waals surface area contributed by atoms with Gasteiger partial charge < -0.3 is 0 Å². The molecule has 4 nitrogen and oxygen atoms in total. The van der Waals surface area contributed by atoms with Gasteiger partial charge in [0, 0.05) is 11.6 Å². The van der Waals surface area contributed by atoms with E-state index in [4.69, 9.17) is 39.6 Å². The fourth-order valence-corrected chi connectivity index (χ4v) is 1.71. The molecule has 2 aromatic rings. The molecule has 0 spiro atoms. The SMILES string of the molecule is O=CN(OCC(Cl)(Cl)Cl)c1cccc2cccnc12. The van der Waals surface area contributed by atoms with E-state index in [1.165, 1.54) is 0 Å². The van der Waals surface area contributed by atoms with Crippen molar-refractivity contribution in [2.75, 3.05) is 11.7 Å². The summed E-state index contributed by atoms with van der Waals surface area (Å²) in [5.74, 6) is 0. The van der Waals surface area contributed by atoms with Crippen LogP contribution in [0.4, 0.5) is 5.69 Å². The molecule has 0 aliphatic heterocycles. The third-order valence-corrected chi connectivity index (χ3v) is 2.64. The maximum Gasteiger partial charge on any atom is 0.238 e. The first-order chi connectivity index (χ1) is 9.01. The Morgan fingerprint density at radius 1 is 1.26 bits per heavy atom. The summed E-state index contributed by atoms with van der Waals surface area (Å²) in [4.78, 5) is 20.5. The molecular formula is C12H9Cl3N2O2. The average Bonchev–Trinajstić information content (AvgIpc) is 2.38. The van der Waals surface area contributed by atoms with Gasteiger partial charge in [-0.2, -0.15) is 5.06 Å². The molecule has 100 valence electrons. The van der Waals surface area contributed by atoms with Gasteiger partial charge in [0.05, 0.1) is 11.2 Å². The number of anilines is 1. The Morgan fingerprint density at radius 2 is 2.00 bits per heavy atom. The zero-order valence-corrected chi connectivity index (χ0v) is 11.9. The van der Waals surface area contributed by atoms with Crippen LogP contribution in [0.2, 0.25) is 0 Å². The Kier molecular flexibility index (Phi) is 4.47. The smallest absolute Gasteiger partial charge is 0.238 e. The summed E-state index contributed by atoms with van der Waals surface area (Å²) < 4.78 is -1.60. The average molecular weight is 320 g/mol. The van der Waals surface area contributed by atoms with Crippen molar-refractivity contribution in [2.24, 2.45) is 0 Å². The van der Waals surface area contributed by atoms with Crippen LogP contribution < -0.4 is 5.06 Å². The van der Waals surface area contributed by atoms with Crippen LogP contribution in [0.3, 0.4) is 0 Å². The maximum absolute atomic E-state index is 11.1. The Morgan fingerprint density at radius 3 is 2.68 bits per heavy atom. The Hall–Kier alpha value is -1.07. The van der Waals surface area contributed by atoms with Crippen LogP contribution >= 0.6 is 34.8 Å². The number of pyridine rings is 1. The number of halogens is 3. The van der Waals surface area contributed by atoms with Crippen molar-refractivity contribution in [3.8, 4) is 0 Å². The summed E-state index contributed by atoms with van der Waals surface area (Å²) >= 11 is 16.8. The number of carbonyl (C=O) groups excluding carboxylic acids is 1. The summed E-state index contributed by atoms with van der Waals surface area (Å²) in [6.07, 6.45) is 2.13. The van der Waals surface area contributed by atoms with Gasteiger partial charge in [0.1, 0.15) is 6.61 Å². The summed E-state index contributed by atoms with van der Waals surface area (Å²) in [5, 5.41) is 1.88. The molecule has 0 saturated heterocycles. The number of para-hydroxylation sites is 1. The lowest BCUT2D eigenvalue weighted by Crippen LogP contribution is -2.27. The lowest BCUT2D eigenvalue weighted by Gasteiger charge is -2.20. The minimum atomic E-state index is -1.60. The lowest BCUT2D eigenvalue weighted by molar-refractivity contribution is -0.113. The van der Waals surface area contributed by atoms with Crippen LogP contribution in [0, 0.1) is 0 Å². The van der Waals surface area contributed by atoms with Crippen LogP contribution in [0.5, 0.6) is 0 Å². The van der Waals surface area contributed by atoms with Gasteiger partial charge in [-0.1, -0.05) is 53.0 Å². The van der Waals surface area contributed by atoms with Crippen LogP contribution in [0.25, 0.3) is 10.9 Å². The van der Waals surface area contributed by atoms with E-state index in [0.717, 1.165) is 10.4 Å². The number of hydroxylamine groups is 1. The molecule has 0 saturated carbocycles. The molecule has 0 atom stereocenters. The first kappa shape index (κ1) is 14.3. The molecule has 0 radical (unpaired) electrons. The quantitative estimate of drug-likeness (QED) is 0.492. The van der Waals surface area contributed by atoms with Gasteiger partial charge in [-0.15, -0.1) is 0 Å². The second-order valence-corrected chi connectivity index (χ2v) is 6.19.